The number of hydrogen-bond donors (Lipinski definition) is 5. The second-order valence-electron chi connectivity index (χ2n) is 2.83. The van der Waals surface area contributed by atoms with Gasteiger partial charge in [0.2, 0.25) is 0 Å². The maximum absolute atomic E-state index is 10.7. The third-order valence-electron chi connectivity index (χ3n) is 1.59. The first kappa shape index (κ1) is 11.9. The lowest BCUT2D eigenvalue weighted by atomic mass is 10.2. The fourth-order valence-corrected chi connectivity index (χ4v) is 1.61. The molecule has 15 heavy (non-hydrogen) atoms. The summed E-state index contributed by atoms with van der Waals surface area (Å²) in [6.07, 6.45) is 2.70. The van der Waals surface area contributed by atoms with Gasteiger partial charge < -0.3 is 19.9 Å². The molecule has 0 saturated carbocycles. The number of nitrogens with zero attached hydrogens (tertiary/aromatic N) is 1. The smallest absolute Gasteiger partial charge is 0.401 e. The largest absolute Gasteiger partial charge is 0.480 e. The van der Waals surface area contributed by atoms with E-state index in [0.29, 0.717) is 5.69 Å². The van der Waals surface area contributed by atoms with Crippen LogP contribution in [0.5, 0.6) is 0 Å². The Balaban J connectivity index is 2.68. The van der Waals surface area contributed by atoms with Crippen molar-refractivity contribution < 1.29 is 24.3 Å². The van der Waals surface area contributed by atoms with Gasteiger partial charge in [-0.3, -0.25) is 4.79 Å². The summed E-state index contributed by atoms with van der Waals surface area (Å²) in [5, 5.41) is 10.4. The van der Waals surface area contributed by atoms with Crippen LogP contribution in [0.3, 0.4) is 0 Å². The molecule has 84 valence electrons. The summed E-state index contributed by atoms with van der Waals surface area (Å²) in [7, 11) is -4.56. The highest BCUT2D eigenvalue weighted by molar-refractivity contribution is 7.49. The second-order valence-corrected chi connectivity index (χ2v) is 4.17. The number of imidazole rings is 1. The van der Waals surface area contributed by atoms with E-state index in [0.717, 1.165) is 0 Å². The van der Waals surface area contributed by atoms with E-state index in [1.54, 1.807) is 5.09 Å². The van der Waals surface area contributed by atoms with Crippen LogP contribution in [0.2, 0.25) is 0 Å². The summed E-state index contributed by atoms with van der Waals surface area (Å²) in [6.45, 7) is 0. The molecule has 0 spiro atoms. The molecule has 0 aliphatic carbocycles. The fourth-order valence-electron chi connectivity index (χ4n) is 1.00. The van der Waals surface area contributed by atoms with E-state index in [1.807, 2.05) is 0 Å². The minimum absolute atomic E-state index is 0.107. The zero-order valence-corrected chi connectivity index (χ0v) is 8.39. The molecule has 0 amide bonds. The Kier molecular flexibility index (Phi) is 3.59. The highest BCUT2D eigenvalue weighted by Gasteiger charge is 2.26. The maximum atomic E-state index is 10.7. The van der Waals surface area contributed by atoms with Crippen LogP contribution in [0.1, 0.15) is 5.69 Å². The molecule has 1 aromatic heterocycles. The van der Waals surface area contributed by atoms with Crippen molar-refractivity contribution in [2.24, 2.45) is 0 Å². The first-order valence-corrected chi connectivity index (χ1v) is 5.53. The zero-order valence-electron chi connectivity index (χ0n) is 7.49. The van der Waals surface area contributed by atoms with Gasteiger partial charge in [-0.1, -0.05) is 0 Å². The average Bonchev–Trinajstić information content (AvgIpc) is 2.52. The standard InChI is InChI=1S/C6H10N3O5P/c10-6(11)5(9-15(12,13)14)1-4-2-7-3-8-4/h2-3,5H,1H2,(H,7,8)(H,10,11)(H3,9,12,13,14)/t5-/m0/s1. The molecule has 5 N–H and O–H groups in total. The Morgan fingerprint density at radius 2 is 2.33 bits per heavy atom. The highest BCUT2D eigenvalue weighted by atomic mass is 31.2. The lowest BCUT2D eigenvalue weighted by molar-refractivity contribution is -0.139. The Hall–Kier alpha value is -1.21. The van der Waals surface area contributed by atoms with Crippen molar-refractivity contribution in [2.75, 3.05) is 0 Å². The summed E-state index contributed by atoms with van der Waals surface area (Å²) in [5.74, 6) is -1.35. The predicted molar refractivity (Wildman–Crippen MR) is 48.9 cm³/mol. The highest BCUT2D eigenvalue weighted by Crippen LogP contribution is 2.29. The van der Waals surface area contributed by atoms with Gasteiger partial charge in [-0.2, -0.15) is 0 Å². The van der Waals surface area contributed by atoms with Crippen molar-refractivity contribution in [3.05, 3.63) is 18.2 Å². The van der Waals surface area contributed by atoms with Gasteiger partial charge in [0.15, 0.2) is 0 Å². The third kappa shape index (κ3) is 4.22. The Morgan fingerprint density at radius 1 is 1.67 bits per heavy atom. The first-order valence-electron chi connectivity index (χ1n) is 3.92. The summed E-state index contributed by atoms with van der Waals surface area (Å²) >= 11 is 0. The van der Waals surface area contributed by atoms with Crippen molar-refractivity contribution >= 4 is 13.7 Å². The number of carboxylic acids is 1. The van der Waals surface area contributed by atoms with Crippen LogP contribution in [0.15, 0.2) is 12.5 Å². The fraction of sp³-hybridized carbons (Fsp3) is 0.333. The summed E-state index contributed by atoms with van der Waals surface area (Å²) in [4.78, 5) is 34.2. The third-order valence-corrected chi connectivity index (χ3v) is 2.24. The van der Waals surface area contributed by atoms with Crippen LogP contribution in [-0.4, -0.2) is 36.9 Å². The van der Waals surface area contributed by atoms with E-state index in [4.69, 9.17) is 14.9 Å². The molecule has 0 aliphatic rings. The van der Waals surface area contributed by atoms with Crippen molar-refractivity contribution in [2.45, 2.75) is 12.5 Å². The molecular weight excluding hydrogens is 225 g/mol. The number of aromatic amines is 1. The number of rotatable bonds is 5. The van der Waals surface area contributed by atoms with Crippen LogP contribution in [-0.2, 0) is 15.8 Å². The van der Waals surface area contributed by atoms with Crippen molar-refractivity contribution in [1.29, 1.82) is 0 Å². The Morgan fingerprint density at radius 3 is 2.73 bits per heavy atom. The quantitative estimate of drug-likeness (QED) is 0.416. The molecule has 1 heterocycles. The molecule has 1 rings (SSSR count). The molecule has 8 nitrogen and oxygen atoms in total. The second kappa shape index (κ2) is 4.54. The van der Waals surface area contributed by atoms with Crippen LogP contribution < -0.4 is 5.09 Å². The lowest BCUT2D eigenvalue weighted by Gasteiger charge is -2.13. The van der Waals surface area contributed by atoms with Gasteiger partial charge in [0, 0.05) is 12.6 Å². The zero-order chi connectivity index (χ0) is 11.5. The maximum Gasteiger partial charge on any atom is 0.401 e. The van der Waals surface area contributed by atoms with E-state index in [2.05, 4.69) is 9.97 Å². The number of hydrogen-bond acceptors (Lipinski definition) is 3. The van der Waals surface area contributed by atoms with Gasteiger partial charge in [0.05, 0.1) is 12.0 Å². The van der Waals surface area contributed by atoms with Crippen molar-refractivity contribution in [3.8, 4) is 0 Å². The van der Waals surface area contributed by atoms with Gasteiger partial charge in [0.1, 0.15) is 6.04 Å². The molecule has 0 saturated heterocycles. The number of carboxylic acid groups (broad SMARTS) is 1. The van der Waals surface area contributed by atoms with Gasteiger partial charge >= 0.3 is 13.7 Å². The summed E-state index contributed by atoms with van der Waals surface area (Å²) < 4.78 is 10.6. The van der Waals surface area contributed by atoms with E-state index < -0.39 is 19.8 Å². The van der Waals surface area contributed by atoms with Gasteiger partial charge in [-0.05, 0) is 0 Å². The number of carbonyl (C=O) groups is 1. The van der Waals surface area contributed by atoms with E-state index in [-0.39, 0.29) is 6.42 Å². The van der Waals surface area contributed by atoms with E-state index in [9.17, 15) is 9.36 Å². The van der Waals surface area contributed by atoms with Crippen LogP contribution in [0.25, 0.3) is 0 Å². The topological polar surface area (TPSA) is 136 Å². The minimum atomic E-state index is -4.56. The molecule has 0 aromatic carbocycles. The SMILES string of the molecule is O=C(O)[C@H](Cc1c[nH]cn1)NP(=O)(O)O. The molecule has 0 bridgehead atoms. The Labute approximate surface area is 84.6 Å². The molecule has 0 fully saturated rings. The molecule has 1 aromatic rings. The molecule has 0 aliphatic heterocycles. The molecule has 1 atom stereocenters. The minimum Gasteiger partial charge on any atom is -0.480 e. The normalized spacial score (nSPS) is 13.7. The monoisotopic (exact) mass is 235 g/mol. The number of aromatic nitrogens is 2. The van der Waals surface area contributed by atoms with Crippen molar-refractivity contribution in [3.63, 3.8) is 0 Å². The molecule has 0 radical (unpaired) electrons. The number of aliphatic carboxylic acids is 1. The van der Waals surface area contributed by atoms with E-state index >= 15 is 0 Å². The lowest BCUT2D eigenvalue weighted by Crippen LogP contribution is -2.36. The predicted octanol–water partition coefficient (Wildman–Crippen LogP) is -0.912. The van der Waals surface area contributed by atoms with Crippen LogP contribution in [0.4, 0.5) is 0 Å². The average molecular weight is 235 g/mol. The van der Waals surface area contributed by atoms with Crippen molar-refractivity contribution in [1.82, 2.24) is 15.1 Å². The molecule has 9 heteroatoms. The molecular formula is C6H10N3O5P. The molecule has 0 unspecified atom stereocenters. The van der Waals surface area contributed by atoms with Gasteiger partial charge in [-0.15, -0.1) is 0 Å². The van der Waals surface area contributed by atoms with Crippen LogP contribution in [0, 0.1) is 0 Å². The number of nitrogens with one attached hydrogen (secondary N) is 2. The van der Waals surface area contributed by atoms with Gasteiger partial charge in [-0.25, -0.2) is 14.6 Å². The summed E-state index contributed by atoms with van der Waals surface area (Å²) in [6, 6.07) is -1.37. The summed E-state index contributed by atoms with van der Waals surface area (Å²) in [5.41, 5.74) is 0.406. The van der Waals surface area contributed by atoms with E-state index in [1.165, 1.54) is 12.5 Å². The number of H-pyrrole nitrogens is 1. The Bertz CT molecular complexity index is 372. The van der Waals surface area contributed by atoms with Gasteiger partial charge in [0.25, 0.3) is 0 Å². The van der Waals surface area contributed by atoms with Crippen LogP contribution >= 0.6 is 7.75 Å². The first-order chi connectivity index (χ1) is 6.88.